The number of hydrogen-bond acceptors (Lipinski definition) is 5. The second-order valence-electron chi connectivity index (χ2n) is 4.81. The van der Waals surface area contributed by atoms with Crippen LogP contribution in [0.1, 0.15) is 30.6 Å². The van der Waals surface area contributed by atoms with Crippen LogP contribution in [-0.4, -0.2) is 35.6 Å². The summed E-state index contributed by atoms with van der Waals surface area (Å²) in [5, 5.41) is 13.2. The summed E-state index contributed by atoms with van der Waals surface area (Å²) in [5.74, 6) is -0.0142. The Morgan fingerprint density at radius 2 is 2.24 bits per heavy atom. The smallest absolute Gasteiger partial charge is 0.319 e. The van der Waals surface area contributed by atoms with E-state index in [9.17, 15) is 14.9 Å². The summed E-state index contributed by atoms with van der Waals surface area (Å²) in [4.78, 5) is 25.7. The third-order valence-electron chi connectivity index (χ3n) is 2.68. The van der Waals surface area contributed by atoms with Crippen molar-refractivity contribution < 1.29 is 14.5 Å². The number of hydrogen-bond donors (Lipinski definition) is 1. The monoisotopic (exact) mass is 315 g/mol. The van der Waals surface area contributed by atoms with Gasteiger partial charge in [-0.1, -0.05) is 25.4 Å². The van der Waals surface area contributed by atoms with Gasteiger partial charge in [0.15, 0.2) is 0 Å². The minimum Gasteiger partial charge on any atom is -0.380 e. The van der Waals surface area contributed by atoms with E-state index >= 15 is 0 Å². The van der Waals surface area contributed by atoms with E-state index in [-0.39, 0.29) is 17.3 Å². The minimum atomic E-state index is -0.719. The highest BCUT2D eigenvalue weighted by molar-refractivity contribution is 6.32. The van der Waals surface area contributed by atoms with Crippen molar-refractivity contribution in [2.75, 3.05) is 19.8 Å². The predicted octanol–water partition coefficient (Wildman–Crippen LogP) is 2.44. The second-order valence-corrected chi connectivity index (χ2v) is 5.16. The van der Waals surface area contributed by atoms with Crippen molar-refractivity contribution in [1.29, 1.82) is 0 Å². The first kappa shape index (κ1) is 17.3. The number of carbonyl (C=O) groups is 1. The standard InChI is InChI=1S/C13H18ClN3O4/c1-9(2)4-7-21-8-6-16-13(18)10-3-5-15-12(14)11(10)17(19)20/h3,5,9H,4,6-8H2,1-2H3,(H,16,18). The number of nitro groups is 1. The molecule has 8 heteroatoms. The van der Waals surface area contributed by atoms with Gasteiger partial charge in [-0.05, 0) is 18.4 Å². The van der Waals surface area contributed by atoms with Gasteiger partial charge in [0, 0.05) is 19.3 Å². The fourth-order valence-electron chi connectivity index (χ4n) is 1.54. The van der Waals surface area contributed by atoms with Crippen LogP contribution in [0.25, 0.3) is 0 Å². The molecule has 0 aliphatic rings. The molecule has 1 rings (SSSR count). The summed E-state index contributed by atoms with van der Waals surface area (Å²) in [7, 11) is 0. The lowest BCUT2D eigenvalue weighted by Crippen LogP contribution is -2.28. The number of amides is 1. The Morgan fingerprint density at radius 3 is 2.86 bits per heavy atom. The molecule has 7 nitrogen and oxygen atoms in total. The highest BCUT2D eigenvalue weighted by Crippen LogP contribution is 2.25. The van der Waals surface area contributed by atoms with Crippen LogP contribution in [0.3, 0.4) is 0 Å². The average Bonchev–Trinajstić information content (AvgIpc) is 2.41. The number of aromatic nitrogens is 1. The van der Waals surface area contributed by atoms with Crippen LogP contribution in [0.5, 0.6) is 0 Å². The molecule has 1 amide bonds. The number of pyridine rings is 1. The van der Waals surface area contributed by atoms with Crippen molar-refractivity contribution in [3.05, 3.63) is 33.1 Å². The lowest BCUT2D eigenvalue weighted by molar-refractivity contribution is -0.385. The van der Waals surface area contributed by atoms with Gasteiger partial charge in [0.25, 0.3) is 5.91 Å². The Kier molecular flexibility index (Phi) is 7.04. The number of ether oxygens (including phenoxy) is 1. The Hall–Kier alpha value is -1.73. The van der Waals surface area contributed by atoms with E-state index in [2.05, 4.69) is 24.1 Å². The maximum atomic E-state index is 11.9. The number of rotatable bonds is 8. The van der Waals surface area contributed by atoms with Crippen molar-refractivity contribution in [3.8, 4) is 0 Å². The first-order chi connectivity index (χ1) is 9.93. The highest BCUT2D eigenvalue weighted by atomic mass is 35.5. The molecule has 116 valence electrons. The van der Waals surface area contributed by atoms with E-state index in [1.165, 1.54) is 12.3 Å². The van der Waals surface area contributed by atoms with Crippen LogP contribution in [0.4, 0.5) is 5.69 Å². The molecule has 0 spiro atoms. The molecular weight excluding hydrogens is 298 g/mol. The van der Waals surface area contributed by atoms with Crippen LogP contribution in [0, 0.1) is 16.0 Å². The first-order valence-corrected chi connectivity index (χ1v) is 6.96. The molecule has 0 aliphatic heterocycles. The summed E-state index contributed by atoms with van der Waals surface area (Å²) in [6, 6.07) is 1.26. The highest BCUT2D eigenvalue weighted by Gasteiger charge is 2.24. The molecule has 0 unspecified atom stereocenters. The number of carbonyl (C=O) groups excluding carboxylic acids is 1. The Bertz CT molecular complexity index is 508. The van der Waals surface area contributed by atoms with Crippen molar-refractivity contribution >= 4 is 23.2 Å². The van der Waals surface area contributed by atoms with Crippen LogP contribution in [0.15, 0.2) is 12.3 Å². The number of nitrogens with one attached hydrogen (secondary N) is 1. The van der Waals surface area contributed by atoms with Crippen molar-refractivity contribution in [2.24, 2.45) is 5.92 Å². The molecule has 1 aromatic rings. The van der Waals surface area contributed by atoms with E-state index in [0.717, 1.165) is 6.42 Å². The zero-order valence-electron chi connectivity index (χ0n) is 12.0. The second kappa shape index (κ2) is 8.53. The number of nitrogens with zero attached hydrogens (tertiary/aromatic N) is 2. The maximum absolute atomic E-state index is 11.9. The molecule has 0 saturated heterocycles. The van der Waals surface area contributed by atoms with Crippen LogP contribution in [0.2, 0.25) is 5.15 Å². The van der Waals surface area contributed by atoms with Gasteiger partial charge in [0.1, 0.15) is 5.56 Å². The molecule has 0 atom stereocenters. The summed E-state index contributed by atoms with van der Waals surface area (Å²) < 4.78 is 5.35. The molecule has 1 aromatic heterocycles. The van der Waals surface area contributed by atoms with Crippen LogP contribution >= 0.6 is 11.6 Å². The lowest BCUT2D eigenvalue weighted by atomic mass is 10.1. The van der Waals surface area contributed by atoms with Gasteiger partial charge in [0.2, 0.25) is 5.15 Å². The van der Waals surface area contributed by atoms with Gasteiger partial charge in [0.05, 0.1) is 11.5 Å². The van der Waals surface area contributed by atoms with Crippen molar-refractivity contribution in [1.82, 2.24) is 10.3 Å². The quantitative estimate of drug-likeness (QED) is 0.344. The largest absolute Gasteiger partial charge is 0.380 e. The third kappa shape index (κ3) is 5.65. The van der Waals surface area contributed by atoms with E-state index in [1.807, 2.05) is 0 Å². The molecule has 1 N–H and O–H groups in total. The predicted molar refractivity (Wildman–Crippen MR) is 78.5 cm³/mol. The Balaban J connectivity index is 2.50. The number of halogens is 1. The Labute approximate surface area is 127 Å². The maximum Gasteiger partial charge on any atom is 0.319 e. The van der Waals surface area contributed by atoms with Gasteiger partial charge in [-0.25, -0.2) is 4.98 Å². The zero-order valence-corrected chi connectivity index (χ0v) is 12.7. The summed E-state index contributed by atoms with van der Waals surface area (Å²) in [6.07, 6.45) is 2.20. The molecule has 0 bridgehead atoms. The van der Waals surface area contributed by atoms with E-state index in [4.69, 9.17) is 16.3 Å². The SMILES string of the molecule is CC(C)CCOCCNC(=O)c1ccnc(Cl)c1[N+](=O)[O-]. The van der Waals surface area contributed by atoms with Gasteiger partial charge >= 0.3 is 5.69 Å². The molecule has 0 aliphatic carbocycles. The lowest BCUT2D eigenvalue weighted by Gasteiger charge is -2.08. The van der Waals surface area contributed by atoms with E-state index < -0.39 is 16.5 Å². The topological polar surface area (TPSA) is 94.4 Å². The molecule has 0 radical (unpaired) electrons. The normalized spacial score (nSPS) is 10.7. The molecule has 0 fully saturated rings. The molecule has 21 heavy (non-hydrogen) atoms. The first-order valence-electron chi connectivity index (χ1n) is 6.58. The fraction of sp³-hybridized carbons (Fsp3) is 0.538. The third-order valence-corrected chi connectivity index (χ3v) is 2.95. The van der Waals surface area contributed by atoms with Gasteiger partial charge in [-0.3, -0.25) is 14.9 Å². The summed E-state index contributed by atoms with van der Waals surface area (Å²) in [6.45, 7) is 5.43. The minimum absolute atomic E-state index is 0.109. The zero-order chi connectivity index (χ0) is 15.8. The van der Waals surface area contributed by atoms with Crippen molar-refractivity contribution in [2.45, 2.75) is 20.3 Å². The molecular formula is C13H18ClN3O4. The average molecular weight is 316 g/mol. The van der Waals surface area contributed by atoms with Gasteiger partial charge < -0.3 is 10.1 Å². The Morgan fingerprint density at radius 1 is 1.52 bits per heavy atom. The van der Waals surface area contributed by atoms with E-state index in [1.54, 1.807) is 0 Å². The molecule has 0 aromatic carbocycles. The van der Waals surface area contributed by atoms with Gasteiger partial charge in [-0.2, -0.15) is 0 Å². The van der Waals surface area contributed by atoms with Crippen molar-refractivity contribution in [3.63, 3.8) is 0 Å². The summed E-state index contributed by atoms with van der Waals surface area (Å²) in [5.41, 5.74) is -0.598. The fourth-order valence-corrected chi connectivity index (χ4v) is 1.77. The van der Waals surface area contributed by atoms with Crippen LogP contribution in [-0.2, 0) is 4.74 Å². The van der Waals surface area contributed by atoms with E-state index in [0.29, 0.717) is 19.1 Å². The van der Waals surface area contributed by atoms with Crippen LogP contribution < -0.4 is 5.32 Å². The molecule has 0 saturated carbocycles. The summed E-state index contributed by atoms with van der Waals surface area (Å²) >= 11 is 5.64. The van der Waals surface area contributed by atoms with Gasteiger partial charge in [-0.15, -0.1) is 0 Å². The molecule has 1 heterocycles.